The molecule has 142 valence electrons. The summed E-state index contributed by atoms with van der Waals surface area (Å²) in [5.74, 6) is -2.29. The van der Waals surface area contributed by atoms with E-state index in [4.69, 9.17) is 23.7 Å². The molecule has 1 unspecified atom stereocenters. The molecular formula is C16H24O8S. The Balaban J connectivity index is 1.71. The topological polar surface area (TPSA) is 101 Å². The lowest BCUT2D eigenvalue weighted by Crippen LogP contribution is -2.41. The van der Waals surface area contributed by atoms with Gasteiger partial charge in [0.1, 0.15) is 17.6 Å². The normalized spacial score (nSPS) is 48.8. The lowest BCUT2D eigenvalue weighted by atomic mass is 10.1. The molecule has 25 heavy (non-hydrogen) atoms. The lowest BCUT2D eigenvalue weighted by Gasteiger charge is -2.39. The second-order valence-electron chi connectivity index (χ2n) is 7.83. The standard InChI is InChI=1S/C16H24O8S/c1-15(2)20-7-8(22-15)12-10-11-13(24-16(3,4)23-11)25(12,14(19)21-10)6-5-9(17)18/h8,10-13H,5-7H2,1-4H3,(H,17,18)/t8-,10-,11+,12-,13+/m1/s1. The fraction of sp³-hybridized carbons (Fsp3) is 0.875. The summed E-state index contributed by atoms with van der Waals surface area (Å²) in [5.41, 5.74) is -0.453. The minimum atomic E-state index is -2.22. The number of hydrogen-bond donors (Lipinski definition) is 1. The third-order valence-electron chi connectivity index (χ3n) is 5.23. The molecule has 0 aromatic rings. The van der Waals surface area contributed by atoms with Crippen LogP contribution in [0.3, 0.4) is 0 Å². The summed E-state index contributed by atoms with van der Waals surface area (Å²) in [6.45, 7) is 7.58. The highest BCUT2D eigenvalue weighted by Gasteiger charge is 2.75. The van der Waals surface area contributed by atoms with Crippen molar-refractivity contribution in [2.75, 3.05) is 12.4 Å². The molecule has 0 aromatic carbocycles. The molecule has 0 saturated carbocycles. The molecule has 0 aliphatic carbocycles. The van der Waals surface area contributed by atoms with E-state index in [0.29, 0.717) is 6.61 Å². The van der Waals surface area contributed by atoms with Gasteiger partial charge in [0.2, 0.25) is 0 Å². The van der Waals surface area contributed by atoms with Gasteiger partial charge in [-0.25, -0.2) is 4.79 Å². The highest BCUT2D eigenvalue weighted by molar-refractivity contribution is 8.46. The zero-order valence-corrected chi connectivity index (χ0v) is 15.5. The van der Waals surface area contributed by atoms with E-state index in [1.807, 2.05) is 13.8 Å². The van der Waals surface area contributed by atoms with Crippen LogP contribution in [0.15, 0.2) is 0 Å². The fourth-order valence-corrected chi connectivity index (χ4v) is 9.03. The molecule has 1 N–H and O–H groups in total. The maximum absolute atomic E-state index is 12.8. The molecule has 0 amide bonds. The van der Waals surface area contributed by atoms with Gasteiger partial charge >= 0.3 is 11.3 Å². The second-order valence-corrected chi connectivity index (χ2v) is 11.3. The summed E-state index contributed by atoms with van der Waals surface area (Å²) in [6.07, 6.45) is -1.31. The molecule has 0 aromatic heterocycles. The van der Waals surface area contributed by atoms with Crippen molar-refractivity contribution < 1.29 is 38.4 Å². The number of aliphatic carboxylic acids is 1. The van der Waals surface area contributed by atoms with Crippen LogP contribution in [0.2, 0.25) is 0 Å². The van der Waals surface area contributed by atoms with E-state index in [0.717, 1.165) is 0 Å². The minimum Gasteiger partial charge on any atom is -0.481 e. The molecule has 0 radical (unpaired) electrons. The minimum absolute atomic E-state index is 0.113. The molecule has 4 aliphatic rings. The van der Waals surface area contributed by atoms with Crippen molar-refractivity contribution in [3.63, 3.8) is 0 Å². The molecule has 6 atom stereocenters. The van der Waals surface area contributed by atoms with Crippen LogP contribution in [0.4, 0.5) is 4.79 Å². The number of carboxylic acid groups (broad SMARTS) is 1. The summed E-state index contributed by atoms with van der Waals surface area (Å²) in [4.78, 5) is 24.1. The quantitative estimate of drug-likeness (QED) is 0.741. The van der Waals surface area contributed by atoms with Gasteiger partial charge in [-0.05, 0) is 27.7 Å². The summed E-state index contributed by atoms with van der Waals surface area (Å²) in [7, 11) is -2.22. The first kappa shape index (κ1) is 17.5. The molecule has 4 fully saturated rings. The third kappa shape index (κ3) is 2.51. The van der Waals surface area contributed by atoms with Gasteiger partial charge in [-0.2, -0.15) is 0 Å². The zero-order valence-electron chi connectivity index (χ0n) is 14.7. The van der Waals surface area contributed by atoms with Gasteiger partial charge in [-0.15, -0.1) is 10.0 Å². The molecule has 9 heteroatoms. The Morgan fingerprint density at radius 2 is 1.88 bits per heavy atom. The average Bonchev–Trinajstić information content (AvgIpc) is 3.13. The molecule has 4 rings (SSSR count). The van der Waals surface area contributed by atoms with Gasteiger partial charge in [-0.1, -0.05) is 0 Å². The highest BCUT2D eigenvalue weighted by Crippen LogP contribution is 2.74. The van der Waals surface area contributed by atoms with Crippen LogP contribution in [0.25, 0.3) is 0 Å². The largest absolute Gasteiger partial charge is 0.481 e. The van der Waals surface area contributed by atoms with Crippen LogP contribution in [0, 0.1) is 0 Å². The summed E-state index contributed by atoms with van der Waals surface area (Å²) in [6, 6.07) is 0. The van der Waals surface area contributed by atoms with E-state index >= 15 is 0 Å². The summed E-state index contributed by atoms with van der Waals surface area (Å²) in [5, 5.41) is 8.59. The highest BCUT2D eigenvalue weighted by atomic mass is 32.3. The Labute approximate surface area is 147 Å². The summed E-state index contributed by atoms with van der Waals surface area (Å²) < 4.78 is 29.5. The van der Waals surface area contributed by atoms with Crippen molar-refractivity contribution in [2.24, 2.45) is 0 Å². The van der Waals surface area contributed by atoms with Gasteiger partial charge < -0.3 is 28.8 Å². The SMILES string of the molecule is CC1(C)O[C@H]2[C@H]3OC(=O)S(CCC(=O)O)([C@@H]3[C@H]3COC(C)(C)O3)[C@@H]2O1. The molecular weight excluding hydrogens is 352 g/mol. The van der Waals surface area contributed by atoms with E-state index in [2.05, 4.69) is 0 Å². The first-order valence-corrected chi connectivity index (χ1v) is 10.4. The number of carbonyl (C=O) groups excluding carboxylic acids is 1. The van der Waals surface area contributed by atoms with E-state index < -0.39 is 39.1 Å². The van der Waals surface area contributed by atoms with Gasteiger partial charge in [0.25, 0.3) is 0 Å². The van der Waals surface area contributed by atoms with Crippen LogP contribution in [-0.4, -0.2) is 69.3 Å². The van der Waals surface area contributed by atoms with Gasteiger partial charge in [0.15, 0.2) is 11.6 Å². The van der Waals surface area contributed by atoms with Crippen molar-refractivity contribution in [3.05, 3.63) is 0 Å². The predicted molar refractivity (Wildman–Crippen MR) is 87.5 cm³/mol. The predicted octanol–water partition coefficient (Wildman–Crippen LogP) is 1.80. The molecule has 0 spiro atoms. The zero-order chi connectivity index (χ0) is 18.2. The van der Waals surface area contributed by atoms with Crippen molar-refractivity contribution in [2.45, 2.75) is 74.7 Å². The number of hydrogen-bond acceptors (Lipinski definition) is 7. The van der Waals surface area contributed by atoms with Crippen molar-refractivity contribution in [3.8, 4) is 0 Å². The number of rotatable bonds is 4. The van der Waals surface area contributed by atoms with Crippen molar-refractivity contribution >= 4 is 21.3 Å². The number of ether oxygens (including phenoxy) is 5. The first-order valence-electron chi connectivity index (χ1n) is 8.44. The van der Waals surface area contributed by atoms with Gasteiger partial charge in [0.05, 0.1) is 24.4 Å². The Bertz CT molecular complexity index is 619. The van der Waals surface area contributed by atoms with E-state index in [9.17, 15) is 14.7 Å². The van der Waals surface area contributed by atoms with Crippen LogP contribution in [-0.2, 0) is 28.5 Å². The monoisotopic (exact) mass is 376 g/mol. The molecule has 4 heterocycles. The Morgan fingerprint density at radius 3 is 2.48 bits per heavy atom. The lowest BCUT2D eigenvalue weighted by molar-refractivity contribution is -0.158. The fourth-order valence-electron chi connectivity index (χ4n) is 4.38. The van der Waals surface area contributed by atoms with Crippen molar-refractivity contribution in [1.29, 1.82) is 0 Å². The number of carbonyl (C=O) groups is 2. The van der Waals surface area contributed by atoms with Crippen LogP contribution in [0.1, 0.15) is 34.1 Å². The second kappa shape index (κ2) is 5.32. The molecule has 8 nitrogen and oxygen atoms in total. The maximum Gasteiger partial charge on any atom is 0.352 e. The van der Waals surface area contributed by atoms with E-state index in [1.54, 1.807) is 13.8 Å². The van der Waals surface area contributed by atoms with E-state index in [-0.39, 0.29) is 34.9 Å². The van der Waals surface area contributed by atoms with Crippen LogP contribution in [0.5, 0.6) is 0 Å². The third-order valence-corrected chi connectivity index (χ3v) is 9.56. The number of carboxylic acids is 1. The Hall–Kier alpha value is -0.870. The molecule has 2 bridgehead atoms. The van der Waals surface area contributed by atoms with Crippen LogP contribution < -0.4 is 0 Å². The van der Waals surface area contributed by atoms with Crippen molar-refractivity contribution in [1.82, 2.24) is 0 Å². The van der Waals surface area contributed by atoms with Gasteiger partial charge in [0, 0.05) is 5.75 Å². The number of fused-ring (bicyclic) bond motifs is 5. The smallest absolute Gasteiger partial charge is 0.352 e. The van der Waals surface area contributed by atoms with Crippen LogP contribution >= 0.6 is 10.0 Å². The maximum atomic E-state index is 12.8. The van der Waals surface area contributed by atoms with Gasteiger partial charge in [-0.3, -0.25) is 4.79 Å². The Kier molecular flexibility index (Phi) is 3.73. The molecule has 4 saturated heterocycles. The van der Waals surface area contributed by atoms with E-state index in [1.165, 1.54) is 0 Å². The first-order chi connectivity index (χ1) is 11.6. The molecule has 4 aliphatic heterocycles. The average molecular weight is 376 g/mol. The summed E-state index contributed by atoms with van der Waals surface area (Å²) >= 11 is 0. The Morgan fingerprint density at radius 1 is 1.16 bits per heavy atom.